The Morgan fingerprint density at radius 3 is 2.32 bits per heavy atom. The van der Waals surface area contributed by atoms with Crippen LogP contribution in [0.5, 0.6) is 5.75 Å². The fourth-order valence-electron chi connectivity index (χ4n) is 2.73. The van der Waals surface area contributed by atoms with Gasteiger partial charge in [-0.15, -0.1) is 0 Å². The molecule has 0 atom stereocenters. The van der Waals surface area contributed by atoms with Crippen LogP contribution in [0.3, 0.4) is 0 Å². The molecule has 3 nitrogen and oxygen atoms in total. The minimum atomic E-state index is -4.43. The van der Waals surface area contributed by atoms with Crippen LogP contribution < -0.4 is 4.74 Å². The van der Waals surface area contributed by atoms with Crippen molar-refractivity contribution >= 4 is 16.7 Å². The number of hydrogen-bond acceptors (Lipinski definition) is 3. The minimum absolute atomic E-state index is 0.0971. The van der Waals surface area contributed by atoms with Crippen LogP contribution in [0.4, 0.5) is 17.6 Å². The highest BCUT2D eigenvalue weighted by Crippen LogP contribution is 2.33. The first-order valence-electron chi connectivity index (χ1n) is 8.48. The molecule has 0 radical (unpaired) electrons. The van der Waals surface area contributed by atoms with Crippen molar-refractivity contribution in [2.75, 3.05) is 6.61 Å². The maximum Gasteiger partial charge on any atom is 0.416 e. The predicted molar refractivity (Wildman–Crippen MR) is 95.6 cm³/mol. The smallest absolute Gasteiger partial charge is 0.416 e. The molecule has 0 heterocycles. The lowest BCUT2D eigenvalue weighted by Crippen LogP contribution is -2.09. The molecule has 0 bridgehead atoms. The van der Waals surface area contributed by atoms with Crippen LogP contribution in [0.2, 0.25) is 0 Å². The van der Waals surface area contributed by atoms with Crippen LogP contribution in [0, 0.1) is 5.82 Å². The third kappa shape index (κ3) is 4.24. The van der Waals surface area contributed by atoms with E-state index in [9.17, 15) is 22.4 Å². The Balaban J connectivity index is 1.95. The standard InChI is InChI=1S/C21H16F4O3/c1-2-27-20(26)17-10-6-14-5-9-16(22)11-18(14)19(17)28-12-13-3-7-15(8-4-13)21(23,24)25/h3-11H,2,12H2,1H3. The van der Waals surface area contributed by atoms with Crippen molar-refractivity contribution in [2.45, 2.75) is 19.7 Å². The van der Waals surface area contributed by atoms with E-state index < -0.39 is 23.5 Å². The molecule has 7 heteroatoms. The van der Waals surface area contributed by atoms with Gasteiger partial charge in [0.05, 0.1) is 12.2 Å². The summed E-state index contributed by atoms with van der Waals surface area (Å²) in [5.41, 5.74) is -0.182. The van der Waals surface area contributed by atoms with Gasteiger partial charge in [0.15, 0.2) is 0 Å². The SMILES string of the molecule is CCOC(=O)c1ccc2ccc(F)cc2c1OCc1ccc(C(F)(F)F)cc1. The number of alkyl halides is 3. The molecule has 0 N–H and O–H groups in total. The zero-order valence-corrected chi connectivity index (χ0v) is 14.8. The molecule has 28 heavy (non-hydrogen) atoms. The largest absolute Gasteiger partial charge is 0.487 e. The molecule has 0 spiro atoms. The number of esters is 1. The zero-order chi connectivity index (χ0) is 20.3. The molecule has 0 amide bonds. The predicted octanol–water partition coefficient (Wildman–Crippen LogP) is 5.75. The molecule has 3 rings (SSSR count). The molecule has 0 aliphatic carbocycles. The highest BCUT2D eigenvalue weighted by Gasteiger charge is 2.30. The summed E-state index contributed by atoms with van der Waals surface area (Å²) >= 11 is 0. The fourth-order valence-corrected chi connectivity index (χ4v) is 2.73. The third-order valence-electron chi connectivity index (χ3n) is 4.09. The fraction of sp³-hybridized carbons (Fsp3) is 0.190. The molecule has 146 valence electrons. The van der Waals surface area contributed by atoms with E-state index in [4.69, 9.17) is 9.47 Å². The second-order valence-corrected chi connectivity index (χ2v) is 6.01. The van der Waals surface area contributed by atoms with E-state index >= 15 is 0 Å². The lowest BCUT2D eigenvalue weighted by Gasteiger charge is -2.14. The number of carbonyl (C=O) groups excluding carboxylic acids is 1. The molecular formula is C21H16F4O3. The van der Waals surface area contributed by atoms with Crippen molar-refractivity contribution < 1.29 is 31.8 Å². The Bertz CT molecular complexity index is 995. The first kappa shape index (κ1) is 19.7. The number of carbonyl (C=O) groups is 1. The molecular weight excluding hydrogens is 376 g/mol. The highest BCUT2D eigenvalue weighted by atomic mass is 19.4. The normalized spacial score (nSPS) is 11.5. The van der Waals surface area contributed by atoms with Gasteiger partial charge in [0.25, 0.3) is 0 Å². The topological polar surface area (TPSA) is 35.5 Å². The van der Waals surface area contributed by atoms with Gasteiger partial charge < -0.3 is 9.47 Å². The van der Waals surface area contributed by atoms with E-state index in [0.29, 0.717) is 16.3 Å². The van der Waals surface area contributed by atoms with E-state index in [1.807, 2.05) is 0 Å². The Hall–Kier alpha value is -3.09. The van der Waals surface area contributed by atoms with Crippen molar-refractivity contribution in [1.82, 2.24) is 0 Å². The van der Waals surface area contributed by atoms with Crippen molar-refractivity contribution in [3.63, 3.8) is 0 Å². The Morgan fingerprint density at radius 1 is 1.00 bits per heavy atom. The van der Waals surface area contributed by atoms with Crippen LogP contribution >= 0.6 is 0 Å². The minimum Gasteiger partial charge on any atom is -0.487 e. The summed E-state index contributed by atoms with van der Waals surface area (Å²) in [5.74, 6) is -1.01. The summed E-state index contributed by atoms with van der Waals surface area (Å²) < 4.78 is 62.5. The molecule has 0 saturated heterocycles. The number of halogens is 4. The summed E-state index contributed by atoms with van der Waals surface area (Å²) in [6.07, 6.45) is -4.43. The lowest BCUT2D eigenvalue weighted by molar-refractivity contribution is -0.137. The third-order valence-corrected chi connectivity index (χ3v) is 4.09. The van der Waals surface area contributed by atoms with Crippen LogP contribution in [0.1, 0.15) is 28.4 Å². The lowest BCUT2D eigenvalue weighted by atomic mass is 10.0. The van der Waals surface area contributed by atoms with Gasteiger partial charge in [-0.1, -0.05) is 24.3 Å². The maximum absolute atomic E-state index is 13.7. The van der Waals surface area contributed by atoms with Gasteiger partial charge in [-0.2, -0.15) is 13.2 Å². The van der Waals surface area contributed by atoms with Gasteiger partial charge in [0.1, 0.15) is 23.7 Å². The molecule has 0 aromatic heterocycles. The molecule has 0 saturated carbocycles. The Labute approximate surface area is 158 Å². The molecule has 3 aromatic carbocycles. The average Bonchev–Trinajstić information content (AvgIpc) is 2.65. The highest BCUT2D eigenvalue weighted by molar-refractivity contribution is 6.01. The van der Waals surface area contributed by atoms with E-state index in [-0.39, 0.29) is 24.5 Å². The van der Waals surface area contributed by atoms with Crippen molar-refractivity contribution in [3.05, 3.63) is 77.1 Å². The maximum atomic E-state index is 13.7. The molecule has 3 aromatic rings. The Morgan fingerprint density at radius 2 is 1.68 bits per heavy atom. The number of benzene rings is 3. The Kier molecular flexibility index (Phi) is 5.53. The molecule has 0 fully saturated rings. The molecule has 0 aliphatic heterocycles. The van der Waals surface area contributed by atoms with Gasteiger partial charge in [0.2, 0.25) is 0 Å². The molecule has 0 aliphatic rings. The number of ether oxygens (including phenoxy) is 2. The van der Waals surface area contributed by atoms with Gasteiger partial charge in [-0.3, -0.25) is 0 Å². The summed E-state index contributed by atoms with van der Waals surface area (Å²) in [6.45, 7) is 1.71. The van der Waals surface area contributed by atoms with E-state index in [1.165, 1.54) is 30.3 Å². The number of fused-ring (bicyclic) bond motifs is 1. The van der Waals surface area contributed by atoms with E-state index in [1.54, 1.807) is 19.1 Å². The monoisotopic (exact) mass is 392 g/mol. The van der Waals surface area contributed by atoms with Crippen molar-refractivity contribution in [1.29, 1.82) is 0 Å². The van der Waals surface area contributed by atoms with Crippen molar-refractivity contribution in [3.8, 4) is 5.75 Å². The first-order chi connectivity index (χ1) is 13.3. The van der Waals surface area contributed by atoms with Crippen LogP contribution in [-0.2, 0) is 17.5 Å². The van der Waals surface area contributed by atoms with Gasteiger partial charge >= 0.3 is 12.1 Å². The average molecular weight is 392 g/mol. The summed E-state index contributed by atoms with van der Waals surface area (Å²) in [5, 5.41) is 1.02. The summed E-state index contributed by atoms with van der Waals surface area (Å²) in [7, 11) is 0. The van der Waals surface area contributed by atoms with Gasteiger partial charge in [-0.25, -0.2) is 9.18 Å². The second kappa shape index (κ2) is 7.88. The summed E-state index contributed by atoms with van der Waals surface area (Å²) in [6, 6.07) is 11.7. The number of rotatable bonds is 5. The second-order valence-electron chi connectivity index (χ2n) is 6.01. The summed E-state index contributed by atoms with van der Waals surface area (Å²) in [4.78, 5) is 12.2. The van der Waals surface area contributed by atoms with E-state index in [2.05, 4.69) is 0 Å². The molecule has 0 unspecified atom stereocenters. The van der Waals surface area contributed by atoms with Gasteiger partial charge in [0, 0.05) is 5.39 Å². The van der Waals surface area contributed by atoms with E-state index in [0.717, 1.165) is 12.1 Å². The van der Waals surface area contributed by atoms with Crippen LogP contribution in [-0.4, -0.2) is 12.6 Å². The van der Waals surface area contributed by atoms with Crippen molar-refractivity contribution in [2.24, 2.45) is 0 Å². The van der Waals surface area contributed by atoms with Crippen LogP contribution in [0.15, 0.2) is 54.6 Å². The quantitative estimate of drug-likeness (QED) is 0.410. The van der Waals surface area contributed by atoms with Crippen LogP contribution in [0.25, 0.3) is 10.8 Å². The number of hydrogen-bond donors (Lipinski definition) is 0. The zero-order valence-electron chi connectivity index (χ0n) is 14.8. The van der Waals surface area contributed by atoms with Gasteiger partial charge in [-0.05, 0) is 48.2 Å². The first-order valence-corrected chi connectivity index (χ1v) is 8.48.